The molecular formula is C23H21N3O5. The van der Waals surface area contributed by atoms with Crippen molar-refractivity contribution in [2.75, 3.05) is 24.3 Å². The highest BCUT2D eigenvalue weighted by Crippen LogP contribution is 2.36. The molecule has 0 bridgehead atoms. The van der Waals surface area contributed by atoms with Crippen molar-refractivity contribution >= 4 is 44.9 Å². The Kier molecular flexibility index (Phi) is 5.21. The molecule has 0 aliphatic rings. The van der Waals surface area contributed by atoms with E-state index in [4.69, 9.17) is 9.15 Å². The molecule has 1 aromatic heterocycles. The van der Waals surface area contributed by atoms with E-state index in [1.807, 2.05) is 37.3 Å². The van der Waals surface area contributed by atoms with Crippen molar-refractivity contribution in [1.29, 1.82) is 0 Å². The molecule has 4 rings (SSSR count). The molecule has 0 fully saturated rings. The lowest BCUT2D eigenvalue weighted by atomic mass is 10.1. The summed E-state index contributed by atoms with van der Waals surface area (Å²) in [6, 6.07) is 14.4. The van der Waals surface area contributed by atoms with Crippen LogP contribution in [-0.2, 0) is 4.79 Å². The minimum Gasteiger partial charge on any atom is -0.495 e. The van der Waals surface area contributed by atoms with Crippen molar-refractivity contribution in [2.24, 2.45) is 0 Å². The smallest absolute Gasteiger partial charge is 0.293 e. The molecule has 31 heavy (non-hydrogen) atoms. The number of nitrogens with one attached hydrogen (secondary N) is 2. The second kappa shape index (κ2) is 7.98. The molecule has 8 heteroatoms. The number of amides is 1. The van der Waals surface area contributed by atoms with Gasteiger partial charge in [-0.25, -0.2) is 0 Å². The highest BCUT2D eigenvalue weighted by Gasteiger charge is 2.20. The van der Waals surface area contributed by atoms with Gasteiger partial charge >= 0.3 is 0 Å². The lowest BCUT2D eigenvalue weighted by Gasteiger charge is -2.13. The number of nitrogens with zero attached hydrogens (tertiary/aromatic N) is 1. The summed E-state index contributed by atoms with van der Waals surface area (Å²) in [5.74, 6) is 0.146. The average molecular weight is 419 g/mol. The number of fused-ring (bicyclic) bond motifs is 3. The van der Waals surface area contributed by atoms with Crippen molar-refractivity contribution in [1.82, 2.24) is 0 Å². The monoisotopic (exact) mass is 419 g/mol. The zero-order chi connectivity index (χ0) is 22.1. The Balaban J connectivity index is 1.58. The van der Waals surface area contributed by atoms with Crippen LogP contribution in [0.2, 0.25) is 0 Å². The molecule has 0 saturated carbocycles. The summed E-state index contributed by atoms with van der Waals surface area (Å²) < 4.78 is 11.4. The predicted octanol–water partition coefficient (Wildman–Crippen LogP) is 5.17. The first-order valence-electron chi connectivity index (χ1n) is 9.66. The number of rotatable bonds is 6. The molecule has 2 N–H and O–H groups in total. The van der Waals surface area contributed by atoms with Gasteiger partial charge in [-0.15, -0.1) is 0 Å². The summed E-state index contributed by atoms with van der Waals surface area (Å²) in [6.45, 7) is 3.47. The van der Waals surface area contributed by atoms with E-state index in [1.165, 1.54) is 6.07 Å². The third-order valence-corrected chi connectivity index (χ3v) is 5.31. The molecule has 1 heterocycles. The number of aryl methyl sites for hydroxylation is 1. The second-order valence-corrected chi connectivity index (χ2v) is 7.21. The number of nitro groups is 1. The van der Waals surface area contributed by atoms with Gasteiger partial charge in [0.2, 0.25) is 5.91 Å². The van der Waals surface area contributed by atoms with E-state index < -0.39 is 10.8 Å². The van der Waals surface area contributed by atoms with E-state index in [9.17, 15) is 14.9 Å². The van der Waals surface area contributed by atoms with Gasteiger partial charge in [-0.2, -0.15) is 0 Å². The number of anilines is 2. The molecule has 4 aromatic rings. The number of hydrogen-bond donors (Lipinski definition) is 2. The fourth-order valence-electron chi connectivity index (χ4n) is 3.53. The SMILES string of the molecule is COc1cc2c(cc1NCC(=O)Nc1c([N+](=O)[O-])ccc(C)c1C)oc1ccccc12. The molecular weight excluding hydrogens is 398 g/mol. The fourth-order valence-corrected chi connectivity index (χ4v) is 3.53. The maximum Gasteiger partial charge on any atom is 0.293 e. The van der Waals surface area contributed by atoms with E-state index in [2.05, 4.69) is 10.6 Å². The van der Waals surface area contributed by atoms with Crippen molar-refractivity contribution in [3.8, 4) is 5.75 Å². The number of carbonyl (C=O) groups is 1. The van der Waals surface area contributed by atoms with E-state index in [-0.39, 0.29) is 17.9 Å². The maximum atomic E-state index is 12.6. The van der Waals surface area contributed by atoms with Crippen LogP contribution in [0.3, 0.4) is 0 Å². The Morgan fingerprint density at radius 1 is 1.10 bits per heavy atom. The van der Waals surface area contributed by atoms with E-state index in [1.54, 1.807) is 26.2 Å². The molecule has 0 atom stereocenters. The molecule has 0 unspecified atom stereocenters. The zero-order valence-corrected chi connectivity index (χ0v) is 17.3. The lowest BCUT2D eigenvalue weighted by Crippen LogP contribution is -2.23. The zero-order valence-electron chi connectivity index (χ0n) is 17.3. The Morgan fingerprint density at radius 2 is 1.87 bits per heavy atom. The fraction of sp³-hybridized carbons (Fsp3) is 0.174. The third kappa shape index (κ3) is 3.75. The van der Waals surface area contributed by atoms with Crippen LogP contribution in [0.4, 0.5) is 17.1 Å². The van der Waals surface area contributed by atoms with Gasteiger partial charge in [-0.05, 0) is 37.1 Å². The molecule has 8 nitrogen and oxygen atoms in total. The molecule has 158 valence electrons. The number of benzene rings is 3. The van der Waals surface area contributed by atoms with Crippen LogP contribution in [0.15, 0.2) is 52.9 Å². The van der Waals surface area contributed by atoms with Crippen LogP contribution in [0.25, 0.3) is 21.9 Å². The summed E-state index contributed by atoms with van der Waals surface area (Å²) >= 11 is 0. The van der Waals surface area contributed by atoms with Crippen molar-refractivity contribution < 1.29 is 18.9 Å². The van der Waals surface area contributed by atoms with Crippen LogP contribution < -0.4 is 15.4 Å². The number of hydrogen-bond acceptors (Lipinski definition) is 6. The highest BCUT2D eigenvalue weighted by molar-refractivity contribution is 6.07. The Labute approximate surface area is 177 Å². The van der Waals surface area contributed by atoms with Crippen LogP contribution in [0.5, 0.6) is 5.75 Å². The third-order valence-electron chi connectivity index (χ3n) is 5.31. The second-order valence-electron chi connectivity index (χ2n) is 7.21. The summed E-state index contributed by atoms with van der Waals surface area (Å²) in [4.78, 5) is 23.4. The van der Waals surface area contributed by atoms with Gasteiger partial charge < -0.3 is 19.8 Å². The standard InChI is InChI=1S/C23H21N3O5/c1-13-8-9-18(26(28)29)23(14(13)2)25-22(27)12-24-17-11-20-16(10-21(17)30-3)15-6-4-5-7-19(15)31-20/h4-11,24H,12H2,1-3H3,(H,25,27). The molecule has 0 aliphatic heterocycles. The van der Waals surface area contributed by atoms with E-state index in [0.717, 1.165) is 21.9 Å². The molecule has 0 aliphatic carbocycles. The van der Waals surface area contributed by atoms with Gasteiger partial charge in [-0.3, -0.25) is 14.9 Å². The predicted molar refractivity (Wildman–Crippen MR) is 120 cm³/mol. The molecule has 0 spiro atoms. The average Bonchev–Trinajstić information content (AvgIpc) is 3.12. The van der Waals surface area contributed by atoms with E-state index >= 15 is 0 Å². The van der Waals surface area contributed by atoms with Crippen molar-refractivity contribution in [2.45, 2.75) is 13.8 Å². The highest BCUT2D eigenvalue weighted by atomic mass is 16.6. The summed E-state index contributed by atoms with van der Waals surface area (Å²) in [7, 11) is 1.55. The molecule has 3 aromatic carbocycles. The largest absolute Gasteiger partial charge is 0.495 e. The van der Waals surface area contributed by atoms with Gasteiger partial charge in [0.05, 0.1) is 24.3 Å². The first kappa shape index (κ1) is 20.2. The first-order valence-corrected chi connectivity index (χ1v) is 9.66. The van der Waals surface area contributed by atoms with Gasteiger partial charge in [0.25, 0.3) is 5.69 Å². The maximum absolute atomic E-state index is 12.6. The van der Waals surface area contributed by atoms with E-state index in [0.29, 0.717) is 22.6 Å². The van der Waals surface area contributed by atoms with Gasteiger partial charge in [-0.1, -0.05) is 24.3 Å². The normalized spacial score (nSPS) is 10.9. The number of methoxy groups -OCH3 is 1. The minimum atomic E-state index is -0.506. The van der Waals surface area contributed by atoms with Gasteiger partial charge in [0, 0.05) is 22.9 Å². The number of para-hydroxylation sites is 1. The minimum absolute atomic E-state index is 0.105. The molecule has 0 saturated heterocycles. The molecule has 1 amide bonds. The quantitative estimate of drug-likeness (QED) is 0.330. The number of carbonyl (C=O) groups excluding carboxylic acids is 1. The summed E-state index contributed by atoms with van der Waals surface area (Å²) in [5.41, 5.74) is 3.58. The van der Waals surface area contributed by atoms with Crippen molar-refractivity contribution in [3.05, 3.63) is 69.8 Å². The van der Waals surface area contributed by atoms with Crippen LogP contribution in [0, 0.1) is 24.0 Å². The van der Waals surface area contributed by atoms with Crippen LogP contribution in [-0.4, -0.2) is 24.5 Å². The van der Waals surface area contributed by atoms with Gasteiger partial charge in [0.15, 0.2) is 0 Å². The van der Waals surface area contributed by atoms with Crippen molar-refractivity contribution in [3.63, 3.8) is 0 Å². The lowest BCUT2D eigenvalue weighted by molar-refractivity contribution is -0.384. The number of furan rings is 1. The topological polar surface area (TPSA) is 107 Å². The Morgan fingerprint density at radius 3 is 2.61 bits per heavy atom. The first-order chi connectivity index (χ1) is 14.9. The van der Waals surface area contributed by atoms with Crippen LogP contribution >= 0.6 is 0 Å². The number of nitro benzene ring substituents is 1. The Bertz CT molecular complexity index is 1330. The number of ether oxygens (including phenoxy) is 1. The molecule has 0 radical (unpaired) electrons. The Hall–Kier alpha value is -4.07. The summed E-state index contributed by atoms with van der Waals surface area (Å²) in [5, 5.41) is 18.9. The van der Waals surface area contributed by atoms with Crippen LogP contribution in [0.1, 0.15) is 11.1 Å². The summed E-state index contributed by atoms with van der Waals surface area (Å²) in [6.07, 6.45) is 0. The van der Waals surface area contributed by atoms with Gasteiger partial charge in [0.1, 0.15) is 22.6 Å².